The van der Waals surface area contributed by atoms with Gasteiger partial charge in [-0.25, -0.2) is 0 Å². The minimum absolute atomic E-state index is 0.322. The van der Waals surface area contributed by atoms with E-state index in [9.17, 15) is 4.57 Å². The van der Waals surface area contributed by atoms with Gasteiger partial charge in [-0.3, -0.25) is 4.57 Å². The van der Waals surface area contributed by atoms with Crippen LogP contribution in [0.15, 0.2) is 47.8 Å². The summed E-state index contributed by atoms with van der Waals surface area (Å²) in [7, 11) is -3.38. The van der Waals surface area contributed by atoms with E-state index in [0.29, 0.717) is 29.7 Å². The molecule has 0 atom stereocenters. The zero-order valence-electron chi connectivity index (χ0n) is 14.8. The summed E-state index contributed by atoms with van der Waals surface area (Å²) in [5, 5.41) is 2.07. The van der Waals surface area contributed by atoms with Crippen LogP contribution in [0.3, 0.4) is 0 Å². The molecule has 6 heteroatoms. The van der Waals surface area contributed by atoms with Gasteiger partial charge in [0.1, 0.15) is 0 Å². The van der Waals surface area contributed by atoms with Crippen molar-refractivity contribution in [2.45, 2.75) is 26.7 Å². The van der Waals surface area contributed by atoms with Crippen molar-refractivity contribution in [2.75, 3.05) is 13.2 Å². The van der Waals surface area contributed by atoms with Gasteiger partial charge in [-0.1, -0.05) is 41.4 Å². The molecule has 0 fully saturated rings. The second-order valence-electron chi connectivity index (χ2n) is 5.96. The smallest absolute Gasteiger partial charge is 0.306 e. The number of fused-ring (bicyclic) bond motifs is 1. The maximum atomic E-state index is 13.5. The zero-order valence-corrected chi connectivity index (χ0v) is 17.2. The molecule has 0 amide bonds. The second kappa shape index (κ2) is 8.29. The molecular formula is C20H21Cl2O3P. The molecule has 1 aliphatic carbocycles. The van der Waals surface area contributed by atoms with Gasteiger partial charge in [0.05, 0.1) is 18.5 Å². The molecule has 0 saturated carbocycles. The van der Waals surface area contributed by atoms with Crippen LogP contribution in [-0.4, -0.2) is 13.2 Å². The predicted molar refractivity (Wildman–Crippen MR) is 108 cm³/mol. The lowest BCUT2D eigenvalue weighted by Crippen LogP contribution is -2.10. The Kier molecular flexibility index (Phi) is 6.27. The SMILES string of the molecule is CCOP(=O)(OCC)C1=C(c2ccc(Cl)cc2)c2ccc(Cl)cc2CC1. The summed E-state index contributed by atoms with van der Waals surface area (Å²) < 4.78 is 24.8. The average Bonchev–Trinajstić information content (AvgIpc) is 2.61. The first-order valence-electron chi connectivity index (χ1n) is 8.66. The number of rotatable bonds is 6. The van der Waals surface area contributed by atoms with E-state index in [0.717, 1.165) is 34.0 Å². The van der Waals surface area contributed by atoms with E-state index in [-0.39, 0.29) is 0 Å². The third kappa shape index (κ3) is 3.93. The molecule has 3 rings (SSSR count). The zero-order chi connectivity index (χ0) is 18.7. The third-order valence-electron chi connectivity index (χ3n) is 4.32. The predicted octanol–water partition coefficient (Wildman–Crippen LogP) is 6.97. The van der Waals surface area contributed by atoms with Gasteiger partial charge in [0.15, 0.2) is 0 Å². The Morgan fingerprint density at radius 1 is 0.923 bits per heavy atom. The Hall–Kier alpha value is -1.09. The Balaban J connectivity index is 2.27. The molecule has 0 bridgehead atoms. The molecule has 26 heavy (non-hydrogen) atoms. The molecule has 0 N–H and O–H groups in total. The van der Waals surface area contributed by atoms with Crippen molar-refractivity contribution in [3.8, 4) is 0 Å². The standard InChI is InChI=1S/C20H21Cl2O3P/c1-3-24-26(23,25-4-2)19-12-7-15-13-17(22)10-11-18(15)20(19)14-5-8-16(21)9-6-14/h5-6,8-11,13H,3-4,7,12H2,1-2H3. The highest BCUT2D eigenvalue weighted by Crippen LogP contribution is 2.62. The van der Waals surface area contributed by atoms with Crippen LogP contribution < -0.4 is 0 Å². The largest absolute Gasteiger partial charge is 0.357 e. The summed E-state index contributed by atoms with van der Waals surface area (Å²) in [6, 6.07) is 13.3. The van der Waals surface area contributed by atoms with Gasteiger partial charge in [0, 0.05) is 15.6 Å². The van der Waals surface area contributed by atoms with E-state index in [2.05, 4.69) is 0 Å². The van der Waals surface area contributed by atoms with Gasteiger partial charge in [0.25, 0.3) is 0 Å². The summed E-state index contributed by atoms with van der Waals surface area (Å²) in [4.78, 5) is 0. The van der Waals surface area contributed by atoms with E-state index >= 15 is 0 Å². The maximum absolute atomic E-state index is 13.5. The highest BCUT2D eigenvalue weighted by molar-refractivity contribution is 7.58. The van der Waals surface area contributed by atoms with E-state index in [4.69, 9.17) is 32.2 Å². The maximum Gasteiger partial charge on any atom is 0.357 e. The lowest BCUT2D eigenvalue weighted by Gasteiger charge is -2.28. The number of hydrogen-bond donors (Lipinski definition) is 0. The van der Waals surface area contributed by atoms with Crippen molar-refractivity contribution >= 4 is 36.4 Å². The number of halogens is 2. The molecule has 1 aliphatic rings. The number of benzene rings is 2. The topological polar surface area (TPSA) is 35.5 Å². The normalized spacial score (nSPS) is 14.5. The molecule has 0 unspecified atom stereocenters. The molecule has 138 valence electrons. The molecule has 0 aromatic heterocycles. The second-order valence-corrected chi connectivity index (χ2v) is 8.89. The van der Waals surface area contributed by atoms with Gasteiger partial charge >= 0.3 is 7.60 Å². The number of aryl methyl sites for hydroxylation is 1. The lowest BCUT2D eigenvalue weighted by molar-refractivity contribution is 0.225. The fourth-order valence-corrected chi connectivity index (χ4v) is 5.59. The Bertz CT molecular complexity index is 865. The number of hydrogen-bond acceptors (Lipinski definition) is 3. The summed E-state index contributed by atoms with van der Waals surface area (Å²) in [5.41, 5.74) is 3.97. The van der Waals surface area contributed by atoms with E-state index in [1.54, 1.807) is 0 Å². The van der Waals surface area contributed by atoms with Crippen LogP contribution in [0.4, 0.5) is 0 Å². The molecule has 0 spiro atoms. The molecule has 2 aromatic carbocycles. The summed E-state index contributed by atoms with van der Waals surface area (Å²) in [6.45, 7) is 4.29. The van der Waals surface area contributed by atoms with Crippen LogP contribution in [0.1, 0.15) is 37.0 Å². The summed E-state index contributed by atoms with van der Waals surface area (Å²) in [6.07, 6.45) is 1.34. The minimum atomic E-state index is -3.38. The molecule has 0 aliphatic heterocycles. The molecule has 2 aromatic rings. The highest BCUT2D eigenvalue weighted by atomic mass is 35.5. The molecular weight excluding hydrogens is 390 g/mol. The van der Waals surface area contributed by atoms with Crippen molar-refractivity contribution in [3.63, 3.8) is 0 Å². The van der Waals surface area contributed by atoms with Gasteiger partial charge in [-0.15, -0.1) is 0 Å². The quantitative estimate of drug-likeness (QED) is 0.482. The van der Waals surface area contributed by atoms with E-state index < -0.39 is 7.60 Å². The highest BCUT2D eigenvalue weighted by Gasteiger charge is 2.35. The van der Waals surface area contributed by atoms with Crippen molar-refractivity contribution in [2.24, 2.45) is 0 Å². The van der Waals surface area contributed by atoms with Crippen molar-refractivity contribution < 1.29 is 13.6 Å². The molecule has 0 heterocycles. The van der Waals surface area contributed by atoms with Crippen LogP contribution in [0, 0.1) is 0 Å². The average molecular weight is 411 g/mol. The lowest BCUT2D eigenvalue weighted by atomic mass is 9.87. The first-order valence-corrected chi connectivity index (χ1v) is 11.0. The molecule has 0 saturated heterocycles. The molecule has 0 radical (unpaired) electrons. The van der Waals surface area contributed by atoms with Crippen molar-refractivity contribution in [1.82, 2.24) is 0 Å². The Morgan fingerprint density at radius 3 is 2.15 bits per heavy atom. The van der Waals surface area contributed by atoms with Crippen LogP contribution in [0.5, 0.6) is 0 Å². The number of allylic oxidation sites excluding steroid dienone is 1. The molecule has 3 nitrogen and oxygen atoms in total. The van der Waals surface area contributed by atoms with Gasteiger partial charge in [-0.2, -0.15) is 0 Å². The monoisotopic (exact) mass is 410 g/mol. The Labute approximate surface area is 164 Å². The summed E-state index contributed by atoms with van der Waals surface area (Å²) in [5.74, 6) is 0. The van der Waals surface area contributed by atoms with Crippen molar-refractivity contribution in [3.05, 3.63) is 74.5 Å². The Morgan fingerprint density at radius 2 is 1.54 bits per heavy atom. The minimum Gasteiger partial charge on any atom is -0.306 e. The van der Waals surface area contributed by atoms with Gasteiger partial charge in [0.2, 0.25) is 0 Å². The van der Waals surface area contributed by atoms with Crippen molar-refractivity contribution in [1.29, 1.82) is 0 Å². The van der Waals surface area contributed by atoms with Gasteiger partial charge in [-0.05, 0) is 67.6 Å². The van der Waals surface area contributed by atoms with Crippen LogP contribution in [0.2, 0.25) is 10.0 Å². The van der Waals surface area contributed by atoms with Crippen LogP contribution >= 0.6 is 30.8 Å². The van der Waals surface area contributed by atoms with Gasteiger partial charge < -0.3 is 9.05 Å². The first-order chi connectivity index (χ1) is 12.5. The van der Waals surface area contributed by atoms with Crippen LogP contribution in [0.25, 0.3) is 5.57 Å². The summed E-state index contributed by atoms with van der Waals surface area (Å²) >= 11 is 12.2. The fourth-order valence-electron chi connectivity index (χ4n) is 3.29. The van der Waals surface area contributed by atoms with Crippen LogP contribution in [-0.2, 0) is 20.0 Å². The third-order valence-corrected chi connectivity index (χ3v) is 7.11. The fraction of sp³-hybridized carbons (Fsp3) is 0.300. The first kappa shape index (κ1) is 19.7. The van der Waals surface area contributed by atoms with E-state index in [1.807, 2.05) is 56.3 Å². The van der Waals surface area contributed by atoms with E-state index in [1.165, 1.54) is 0 Å².